The van der Waals surface area contributed by atoms with E-state index in [0.29, 0.717) is 23.3 Å². The van der Waals surface area contributed by atoms with Crippen LogP contribution in [-0.2, 0) is 36.8 Å². The van der Waals surface area contributed by atoms with Crippen LogP contribution in [0.2, 0.25) is 0 Å². The maximum atomic E-state index is 14.9. The molecule has 1 saturated heterocycles. The van der Waals surface area contributed by atoms with Crippen molar-refractivity contribution < 1.29 is 57.8 Å². The van der Waals surface area contributed by atoms with Crippen molar-refractivity contribution in [3.8, 4) is 11.5 Å². The zero-order chi connectivity index (χ0) is 40.6. The summed E-state index contributed by atoms with van der Waals surface area (Å²) in [5.74, 6) is -2.85. The summed E-state index contributed by atoms with van der Waals surface area (Å²) in [6.07, 6.45) is -5.27. The van der Waals surface area contributed by atoms with Gasteiger partial charge in [-0.1, -0.05) is 91.0 Å². The van der Waals surface area contributed by atoms with E-state index in [1.807, 2.05) is 12.1 Å². The Morgan fingerprint density at radius 3 is 1.86 bits per heavy atom. The molecular formula is C45H42O12. The van der Waals surface area contributed by atoms with E-state index in [4.69, 9.17) is 28.4 Å². The molecule has 2 N–H and O–H groups in total. The molecule has 0 unspecified atom stereocenters. The topological polar surface area (TPSA) is 164 Å². The van der Waals surface area contributed by atoms with E-state index in [0.717, 1.165) is 12.5 Å². The third-order valence-corrected chi connectivity index (χ3v) is 9.68. The summed E-state index contributed by atoms with van der Waals surface area (Å²) >= 11 is 0. The van der Waals surface area contributed by atoms with E-state index in [1.54, 1.807) is 98.1 Å². The van der Waals surface area contributed by atoms with Gasteiger partial charge in [-0.05, 0) is 66.1 Å². The van der Waals surface area contributed by atoms with Crippen molar-refractivity contribution in [1.82, 2.24) is 0 Å². The minimum absolute atomic E-state index is 0.0142. The lowest BCUT2D eigenvalue weighted by Gasteiger charge is -2.53. The van der Waals surface area contributed by atoms with Gasteiger partial charge in [0.25, 0.3) is 0 Å². The van der Waals surface area contributed by atoms with Crippen molar-refractivity contribution >= 4 is 23.7 Å². The first-order valence-corrected chi connectivity index (χ1v) is 18.1. The van der Waals surface area contributed by atoms with Gasteiger partial charge in [0.1, 0.15) is 24.2 Å². The van der Waals surface area contributed by atoms with Gasteiger partial charge in [-0.25, -0.2) is 9.59 Å². The molecule has 12 heteroatoms. The Labute approximate surface area is 329 Å². The lowest BCUT2D eigenvalue weighted by Crippen LogP contribution is -2.77. The molecule has 1 fully saturated rings. The summed E-state index contributed by atoms with van der Waals surface area (Å²) in [7, 11) is 1.56. The number of methoxy groups -OCH3 is 1. The van der Waals surface area contributed by atoms with Crippen molar-refractivity contribution in [3.63, 3.8) is 0 Å². The van der Waals surface area contributed by atoms with E-state index in [9.17, 15) is 29.4 Å². The number of ether oxygens (including phenoxy) is 6. The van der Waals surface area contributed by atoms with Gasteiger partial charge in [-0.15, -0.1) is 0 Å². The highest BCUT2D eigenvalue weighted by atomic mass is 16.7. The summed E-state index contributed by atoms with van der Waals surface area (Å²) in [6.45, 7) is 1.43. The van der Waals surface area contributed by atoms with Crippen molar-refractivity contribution in [1.29, 1.82) is 0 Å². The molecule has 12 nitrogen and oxygen atoms in total. The van der Waals surface area contributed by atoms with Crippen LogP contribution in [0.4, 0.5) is 0 Å². The minimum Gasteiger partial charge on any atom is -0.497 e. The van der Waals surface area contributed by atoms with Crippen LogP contribution < -0.4 is 9.47 Å². The summed E-state index contributed by atoms with van der Waals surface area (Å²) in [5.41, 5.74) is -3.03. The van der Waals surface area contributed by atoms with Gasteiger partial charge in [-0.3, -0.25) is 9.59 Å². The van der Waals surface area contributed by atoms with E-state index < -0.39 is 60.0 Å². The van der Waals surface area contributed by atoms with Gasteiger partial charge in [0.2, 0.25) is 17.7 Å². The molecule has 5 atom stereocenters. The van der Waals surface area contributed by atoms with Crippen LogP contribution in [0.3, 0.4) is 0 Å². The Hall–Kier alpha value is -6.34. The number of benzene rings is 5. The minimum atomic E-state index is -2.94. The lowest BCUT2D eigenvalue weighted by atomic mass is 9.73. The highest BCUT2D eigenvalue weighted by molar-refractivity contribution is 6.04. The van der Waals surface area contributed by atoms with Gasteiger partial charge in [-0.2, -0.15) is 0 Å². The van der Waals surface area contributed by atoms with Gasteiger partial charge in [0.05, 0.1) is 24.8 Å². The fourth-order valence-corrected chi connectivity index (χ4v) is 6.71. The molecule has 5 aromatic rings. The molecule has 0 aliphatic carbocycles. The Kier molecular flexibility index (Phi) is 12.5. The Morgan fingerprint density at radius 1 is 0.737 bits per heavy atom. The highest BCUT2D eigenvalue weighted by Gasteiger charge is 2.70. The Bertz CT molecular complexity index is 2180. The molecule has 57 heavy (non-hydrogen) atoms. The maximum Gasteiger partial charge on any atom is 0.338 e. The molecule has 1 aliphatic heterocycles. The molecule has 294 valence electrons. The van der Waals surface area contributed by atoms with E-state index in [2.05, 4.69) is 0 Å². The second-order valence-electron chi connectivity index (χ2n) is 13.6. The van der Waals surface area contributed by atoms with Crippen LogP contribution in [0.25, 0.3) is 0 Å². The lowest BCUT2D eigenvalue weighted by molar-refractivity contribution is -0.330. The summed E-state index contributed by atoms with van der Waals surface area (Å²) in [4.78, 5) is 55.0. The second kappa shape index (κ2) is 17.6. The predicted octanol–water partition coefficient (Wildman–Crippen LogP) is 5.90. The van der Waals surface area contributed by atoms with Gasteiger partial charge in [0.15, 0.2) is 11.7 Å². The van der Waals surface area contributed by atoms with Crippen LogP contribution in [0, 0.1) is 0 Å². The van der Waals surface area contributed by atoms with Crippen LogP contribution in [-0.4, -0.2) is 77.3 Å². The van der Waals surface area contributed by atoms with E-state index in [-0.39, 0.29) is 29.0 Å². The number of Topliss-reactive ketones (excluding diaryl/α,β-unsaturated/α-hetero) is 1. The SMILES string of the molecule is COc1ccc(Cc2ccc(CO)cc2O[C@@H]2O[C@H](COC(=O)c3ccccc3)[C@@](C)(OC(C)=O)[C@H](OC(=O)c3ccccc3)[C@]2(O)C(=O)c2ccccc2)cc1. The van der Waals surface area contributed by atoms with Crippen LogP contribution in [0.15, 0.2) is 133 Å². The normalized spacial score (nSPS) is 21.5. The highest BCUT2D eigenvalue weighted by Crippen LogP contribution is 2.44. The number of rotatable bonds is 14. The molecule has 0 bridgehead atoms. The van der Waals surface area contributed by atoms with Crippen molar-refractivity contribution in [2.45, 2.75) is 56.6 Å². The quantitative estimate of drug-likeness (QED) is 0.0782. The predicted molar refractivity (Wildman–Crippen MR) is 206 cm³/mol. The average molecular weight is 775 g/mol. The second-order valence-corrected chi connectivity index (χ2v) is 13.6. The fraction of sp³-hybridized carbons (Fsp3) is 0.244. The number of carbonyl (C=O) groups is 4. The largest absolute Gasteiger partial charge is 0.497 e. The summed E-state index contributed by atoms with van der Waals surface area (Å²) in [6, 6.07) is 35.9. The molecule has 6 rings (SSSR count). The monoisotopic (exact) mass is 774 g/mol. The first kappa shape index (κ1) is 40.3. The maximum absolute atomic E-state index is 14.9. The van der Waals surface area contributed by atoms with Crippen LogP contribution in [0.1, 0.15) is 61.6 Å². The van der Waals surface area contributed by atoms with Crippen LogP contribution in [0.5, 0.6) is 11.5 Å². The fourth-order valence-electron chi connectivity index (χ4n) is 6.71. The molecule has 0 radical (unpaired) electrons. The molecule has 0 saturated carbocycles. The number of aliphatic hydroxyl groups excluding tert-OH is 1. The summed E-state index contributed by atoms with van der Waals surface area (Å²) < 4.78 is 36.0. The van der Waals surface area contributed by atoms with Gasteiger partial charge < -0.3 is 38.6 Å². The third-order valence-electron chi connectivity index (χ3n) is 9.68. The zero-order valence-electron chi connectivity index (χ0n) is 31.5. The van der Waals surface area contributed by atoms with Crippen molar-refractivity contribution in [2.24, 2.45) is 0 Å². The first-order valence-electron chi connectivity index (χ1n) is 18.1. The molecular weight excluding hydrogens is 732 g/mol. The first-order chi connectivity index (χ1) is 27.5. The van der Waals surface area contributed by atoms with E-state index >= 15 is 0 Å². The zero-order valence-corrected chi connectivity index (χ0v) is 31.5. The van der Waals surface area contributed by atoms with E-state index in [1.165, 1.54) is 37.3 Å². The molecule has 0 amide bonds. The number of esters is 3. The average Bonchev–Trinajstić information content (AvgIpc) is 3.24. The third kappa shape index (κ3) is 8.89. The van der Waals surface area contributed by atoms with Crippen molar-refractivity contribution in [3.05, 3.63) is 167 Å². The van der Waals surface area contributed by atoms with Gasteiger partial charge in [0, 0.05) is 18.9 Å². The number of hydrogen-bond acceptors (Lipinski definition) is 12. The standard InChI is InChI=1S/C45H42O12/c1-29(47)57-44(2)38(28-53-40(49)33-15-9-5-10-16-33)55-43(54-37-26-31(27-46)19-22-35(37)25-30-20-23-36(52-3)24-21-30)45(51,39(48)32-13-7-4-8-14-32)42(44)56-41(50)34-17-11-6-12-18-34/h4-24,26,38,42-43,46,51H,25,27-28H2,1-3H3/t38-,42+,43-,44-,45-/m1/s1. The number of carbonyl (C=O) groups excluding carboxylic acids is 4. The molecule has 1 aliphatic rings. The molecule has 0 spiro atoms. The summed E-state index contributed by atoms with van der Waals surface area (Å²) in [5, 5.41) is 23.3. The number of aliphatic hydroxyl groups is 2. The molecule has 0 aromatic heterocycles. The Balaban J connectivity index is 1.51. The number of ketones is 1. The Morgan fingerprint density at radius 2 is 1.30 bits per heavy atom. The molecule has 1 heterocycles. The number of hydrogen-bond donors (Lipinski definition) is 2. The van der Waals surface area contributed by atoms with Crippen molar-refractivity contribution in [2.75, 3.05) is 13.7 Å². The van der Waals surface area contributed by atoms with Gasteiger partial charge >= 0.3 is 17.9 Å². The smallest absolute Gasteiger partial charge is 0.338 e. The van der Waals surface area contributed by atoms with Crippen LogP contribution >= 0.6 is 0 Å². The molecule has 5 aromatic carbocycles.